The van der Waals surface area contributed by atoms with E-state index < -0.39 is 5.82 Å². The minimum atomic E-state index is -0.840. The number of nitriles is 1. The van der Waals surface area contributed by atoms with Crippen LogP contribution in [0.2, 0.25) is 5.15 Å². The zero-order chi connectivity index (χ0) is 11.4. The summed E-state index contributed by atoms with van der Waals surface area (Å²) in [4.78, 5) is 9.13. The molecule has 0 amide bonds. The van der Waals surface area contributed by atoms with Crippen molar-refractivity contribution in [2.75, 3.05) is 14.1 Å². The molecule has 0 spiro atoms. The number of aliphatic imine (C=N–C) groups is 1. The van der Waals surface area contributed by atoms with Gasteiger partial charge in [0.1, 0.15) is 17.3 Å². The van der Waals surface area contributed by atoms with E-state index in [-0.39, 0.29) is 16.4 Å². The fourth-order valence-corrected chi connectivity index (χ4v) is 0.980. The Morgan fingerprint density at radius 2 is 2.33 bits per heavy atom. The molecule has 0 saturated heterocycles. The monoisotopic (exact) mass is 226 g/mol. The molecule has 0 saturated carbocycles. The van der Waals surface area contributed by atoms with Crippen molar-refractivity contribution >= 4 is 23.6 Å². The topological polar surface area (TPSA) is 52.3 Å². The molecule has 4 nitrogen and oxygen atoms in total. The predicted octanol–water partition coefficient (Wildman–Crippen LogP) is 1.97. The van der Waals surface area contributed by atoms with Crippen molar-refractivity contribution in [1.82, 2.24) is 9.88 Å². The van der Waals surface area contributed by atoms with Crippen LogP contribution in [0.25, 0.3) is 0 Å². The third-order valence-corrected chi connectivity index (χ3v) is 1.76. The Morgan fingerprint density at radius 1 is 1.67 bits per heavy atom. The molecule has 1 rings (SSSR count). The van der Waals surface area contributed by atoms with E-state index in [1.54, 1.807) is 25.1 Å². The molecule has 0 fully saturated rings. The average molecular weight is 227 g/mol. The van der Waals surface area contributed by atoms with Crippen LogP contribution in [0.1, 0.15) is 5.56 Å². The van der Waals surface area contributed by atoms with E-state index in [2.05, 4.69) is 9.98 Å². The molecule has 0 bridgehead atoms. The summed E-state index contributed by atoms with van der Waals surface area (Å²) in [5.74, 6) is -0.840. The zero-order valence-electron chi connectivity index (χ0n) is 8.20. The van der Waals surface area contributed by atoms with Crippen molar-refractivity contribution in [2.24, 2.45) is 4.99 Å². The van der Waals surface area contributed by atoms with Crippen LogP contribution in [-0.4, -0.2) is 30.3 Å². The van der Waals surface area contributed by atoms with Crippen LogP contribution < -0.4 is 0 Å². The highest BCUT2D eigenvalue weighted by molar-refractivity contribution is 6.29. The zero-order valence-corrected chi connectivity index (χ0v) is 8.96. The van der Waals surface area contributed by atoms with Crippen molar-refractivity contribution in [3.63, 3.8) is 0 Å². The fraction of sp³-hybridized carbons (Fsp3) is 0.222. The summed E-state index contributed by atoms with van der Waals surface area (Å²) < 4.78 is 13.3. The van der Waals surface area contributed by atoms with Crippen molar-refractivity contribution in [1.29, 1.82) is 5.26 Å². The molecule has 0 N–H and O–H groups in total. The second-order valence-electron chi connectivity index (χ2n) is 2.94. The molecule has 0 atom stereocenters. The number of nitrogens with zero attached hydrogens (tertiary/aromatic N) is 4. The fourth-order valence-electron chi connectivity index (χ4n) is 0.837. The van der Waals surface area contributed by atoms with Gasteiger partial charge in [0.05, 0.1) is 12.5 Å². The Morgan fingerprint density at radius 3 is 2.87 bits per heavy atom. The van der Waals surface area contributed by atoms with E-state index >= 15 is 0 Å². The Balaban J connectivity index is 3.21. The minimum Gasteiger partial charge on any atom is -0.369 e. The van der Waals surface area contributed by atoms with Crippen LogP contribution >= 0.6 is 11.6 Å². The first-order valence-electron chi connectivity index (χ1n) is 4.01. The Hall–Kier alpha value is -1.67. The molecule has 15 heavy (non-hydrogen) atoms. The highest BCUT2D eigenvalue weighted by atomic mass is 35.5. The molecule has 0 aliphatic heterocycles. The Kier molecular flexibility index (Phi) is 3.58. The second kappa shape index (κ2) is 4.71. The number of hydrogen-bond acceptors (Lipinski definition) is 3. The van der Waals surface area contributed by atoms with Gasteiger partial charge in [0.25, 0.3) is 0 Å². The lowest BCUT2D eigenvalue weighted by molar-refractivity contribution is 0.617. The van der Waals surface area contributed by atoms with Gasteiger partial charge in [-0.15, -0.1) is 0 Å². The van der Waals surface area contributed by atoms with Crippen LogP contribution in [0.4, 0.5) is 10.1 Å². The van der Waals surface area contributed by atoms with Crippen LogP contribution in [0.15, 0.2) is 11.2 Å². The highest BCUT2D eigenvalue weighted by Gasteiger charge is 2.12. The standard InChI is InChI=1S/C9H8ClFN4/c1-15(2)5-14-7-4-13-9(10)8(11)6(7)3-12/h4-5H,1-2H3/b14-5+. The van der Waals surface area contributed by atoms with Crippen molar-refractivity contribution in [3.05, 3.63) is 22.7 Å². The summed E-state index contributed by atoms with van der Waals surface area (Å²) in [5, 5.41) is 8.40. The third-order valence-electron chi connectivity index (χ3n) is 1.50. The van der Waals surface area contributed by atoms with Gasteiger partial charge in [0, 0.05) is 14.1 Å². The SMILES string of the molecule is CN(C)/C=N/c1cnc(Cl)c(F)c1C#N. The Bertz CT molecular complexity index is 436. The van der Waals surface area contributed by atoms with Gasteiger partial charge in [-0.25, -0.2) is 14.4 Å². The summed E-state index contributed by atoms with van der Waals surface area (Å²) in [6, 6.07) is 1.70. The molecule has 0 aliphatic rings. The van der Waals surface area contributed by atoms with Crippen molar-refractivity contribution in [3.8, 4) is 6.07 Å². The van der Waals surface area contributed by atoms with E-state index in [1.807, 2.05) is 0 Å². The lowest BCUT2D eigenvalue weighted by Gasteiger charge is -2.03. The first kappa shape index (κ1) is 11.4. The molecule has 1 aromatic rings. The first-order chi connectivity index (χ1) is 7.06. The molecule has 1 heterocycles. The summed E-state index contributed by atoms with van der Waals surface area (Å²) in [6.07, 6.45) is 2.70. The van der Waals surface area contributed by atoms with Gasteiger partial charge in [-0.3, -0.25) is 0 Å². The summed E-state index contributed by atoms with van der Waals surface area (Å²) >= 11 is 5.43. The first-order valence-corrected chi connectivity index (χ1v) is 4.38. The van der Waals surface area contributed by atoms with Crippen LogP contribution in [0, 0.1) is 17.1 Å². The van der Waals surface area contributed by atoms with Gasteiger partial charge in [-0.1, -0.05) is 11.6 Å². The molecule has 78 valence electrons. The molecular formula is C9H8ClFN4. The maximum Gasteiger partial charge on any atom is 0.180 e. The third kappa shape index (κ3) is 2.64. The number of rotatable bonds is 2. The molecule has 6 heteroatoms. The molecule has 0 unspecified atom stereocenters. The number of hydrogen-bond donors (Lipinski definition) is 0. The van der Waals surface area contributed by atoms with Crippen LogP contribution in [0.3, 0.4) is 0 Å². The van der Waals surface area contributed by atoms with Gasteiger partial charge in [0.2, 0.25) is 0 Å². The van der Waals surface area contributed by atoms with Gasteiger partial charge >= 0.3 is 0 Å². The van der Waals surface area contributed by atoms with Crippen LogP contribution in [-0.2, 0) is 0 Å². The average Bonchev–Trinajstić information content (AvgIpc) is 2.19. The van der Waals surface area contributed by atoms with E-state index in [0.29, 0.717) is 0 Å². The lowest BCUT2D eigenvalue weighted by atomic mass is 10.2. The number of halogens is 2. The van der Waals surface area contributed by atoms with Crippen molar-refractivity contribution < 1.29 is 4.39 Å². The number of pyridine rings is 1. The molecule has 0 aromatic carbocycles. The van der Waals surface area contributed by atoms with Gasteiger partial charge in [-0.2, -0.15) is 5.26 Å². The van der Waals surface area contributed by atoms with E-state index in [1.165, 1.54) is 12.5 Å². The molecule has 1 aromatic heterocycles. The van der Waals surface area contributed by atoms with Gasteiger partial charge < -0.3 is 4.90 Å². The summed E-state index contributed by atoms with van der Waals surface area (Å²) in [6.45, 7) is 0. The summed E-state index contributed by atoms with van der Waals surface area (Å²) in [5.41, 5.74) is -0.0406. The minimum absolute atomic E-state index is 0.160. The highest BCUT2D eigenvalue weighted by Crippen LogP contribution is 2.24. The predicted molar refractivity (Wildman–Crippen MR) is 55.8 cm³/mol. The number of aromatic nitrogens is 1. The van der Waals surface area contributed by atoms with E-state index in [0.717, 1.165) is 0 Å². The van der Waals surface area contributed by atoms with E-state index in [9.17, 15) is 4.39 Å². The normalized spacial score (nSPS) is 10.3. The van der Waals surface area contributed by atoms with Crippen LogP contribution in [0.5, 0.6) is 0 Å². The Labute approximate surface area is 91.6 Å². The lowest BCUT2D eigenvalue weighted by Crippen LogP contribution is -2.07. The maximum atomic E-state index is 13.3. The van der Waals surface area contributed by atoms with E-state index in [4.69, 9.17) is 16.9 Å². The molecular weight excluding hydrogens is 219 g/mol. The quantitative estimate of drug-likeness (QED) is 0.440. The van der Waals surface area contributed by atoms with Gasteiger partial charge in [-0.05, 0) is 0 Å². The largest absolute Gasteiger partial charge is 0.369 e. The maximum absolute atomic E-state index is 13.3. The smallest absolute Gasteiger partial charge is 0.180 e. The van der Waals surface area contributed by atoms with Gasteiger partial charge in [0.15, 0.2) is 11.0 Å². The molecule has 0 aliphatic carbocycles. The van der Waals surface area contributed by atoms with Crippen molar-refractivity contribution in [2.45, 2.75) is 0 Å². The summed E-state index contributed by atoms with van der Waals surface area (Å²) in [7, 11) is 3.52. The molecule has 0 radical (unpaired) electrons. The second-order valence-corrected chi connectivity index (χ2v) is 3.30.